The highest BCUT2D eigenvalue weighted by Crippen LogP contribution is 2.45. The number of ketones is 1. The number of hydrogen-bond donors (Lipinski definition) is 1. The van der Waals surface area contributed by atoms with Crippen LogP contribution in [0.1, 0.15) is 69.8 Å². The van der Waals surface area contributed by atoms with Crippen LogP contribution in [0, 0.1) is 11.3 Å². The van der Waals surface area contributed by atoms with Crippen LogP contribution < -0.4 is 10.5 Å². The zero-order valence-corrected chi connectivity index (χ0v) is 22.5. The van der Waals surface area contributed by atoms with Gasteiger partial charge in [-0.15, -0.1) is 0 Å². The zero-order chi connectivity index (χ0) is 26.9. The third-order valence-corrected chi connectivity index (χ3v) is 7.86. The molecule has 37 heavy (non-hydrogen) atoms. The molecule has 198 valence electrons. The average Bonchev–Trinajstić information content (AvgIpc) is 3.24. The number of cyclic esters (lactones) is 1. The number of benzene rings is 1. The van der Waals surface area contributed by atoms with Crippen molar-refractivity contribution in [3.8, 4) is 5.75 Å². The summed E-state index contributed by atoms with van der Waals surface area (Å²) in [5, 5.41) is 0. The molecule has 2 N–H and O–H groups in total. The number of allylic oxidation sites excluding steroid dienone is 1. The highest BCUT2D eigenvalue weighted by atomic mass is 16.6. The van der Waals surface area contributed by atoms with Gasteiger partial charge in [-0.3, -0.25) is 4.79 Å². The predicted octanol–water partition coefficient (Wildman–Crippen LogP) is 5.32. The summed E-state index contributed by atoms with van der Waals surface area (Å²) in [6.45, 7) is 15.9. The fraction of sp³-hybridized carbons (Fsp3) is 0.483. The largest absolute Gasteiger partial charge is 0.493 e. The molecule has 4 rings (SSSR count). The molecule has 2 fully saturated rings. The Morgan fingerprint density at radius 3 is 2.81 bits per heavy atom. The minimum absolute atomic E-state index is 0.0223. The molecule has 0 saturated carbocycles. The zero-order valence-electron chi connectivity index (χ0n) is 22.5. The van der Waals surface area contributed by atoms with Gasteiger partial charge in [0.05, 0.1) is 18.3 Å². The predicted molar refractivity (Wildman–Crippen MR) is 145 cm³/mol. The number of hydrogen-bond acceptors (Lipinski definition) is 7. The van der Waals surface area contributed by atoms with Gasteiger partial charge < -0.3 is 25.0 Å². The number of nitrogens with two attached hydrogens (primary N) is 1. The van der Waals surface area contributed by atoms with Crippen LogP contribution in [0.2, 0.25) is 0 Å². The Kier molecular flexibility index (Phi) is 7.48. The van der Waals surface area contributed by atoms with Crippen molar-refractivity contribution < 1.29 is 19.1 Å². The van der Waals surface area contributed by atoms with Crippen LogP contribution in [0.4, 0.5) is 4.79 Å². The van der Waals surface area contributed by atoms with Crippen molar-refractivity contribution >= 4 is 23.3 Å². The molecule has 8 heteroatoms. The standard InChI is InChI=1S/C29H38N4O4/c1-7-18(3)25(23-10-9-21(19(4)34)15-24(23)36-8-2)26-27(30)31-13-14-32(26)20(5)29(6)12-11-22-16-37-28(35)33(22)17-29/h9-10,13-15,18,22H,5,7-8,11-12,16-17H2,1-4,6H3,(H2,30,31)/b26-25+. The van der Waals surface area contributed by atoms with Crippen molar-refractivity contribution in [2.24, 2.45) is 22.1 Å². The number of rotatable bonds is 8. The molecule has 0 bridgehead atoms. The fourth-order valence-corrected chi connectivity index (χ4v) is 5.39. The van der Waals surface area contributed by atoms with E-state index >= 15 is 0 Å². The van der Waals surface area contributed by atoms with Crippen LogP contribution in [0.3, 0.4) is 0 Å². The number of aliphatic imine (C=N–C) groups is 1. The van der Waals surface area contributed by atoms with Crippen LogP contribution in [-0.4, -0.2) is 53.3 Å². The van der Waals surface area contributed by atoms with Crippen LogP contribution in [0.25, 0.3) is 5.57 Å². The summed E-state index contributed by atoms with van der Waals surface area (Å²) in [5.41, 5.74) is 10.3. The number of Topliss-reactive ketones (excluding diaryl/α,β-unsaturated/α-hetero) is 1. The maximum absolute atomic E-state index is 12.4. The molecule has 3 unspecified atom stereocenters. The number of carbonyl (C=O) groups is 2. The number of amidine groups is 1. The van der Waals surface area contributed by atoms with Gasteiger partial charge in [0, 0.05) is 41.2 Å². The number of fused-ring (bicyclic) bond motifs is 1. The van der Waals surface area contributed by atoms with E-state index in [4.69, 9.17) is 15.2 Å². The van der Waals surface area contributed by atoms with Crippen molar-refractivity contribution in [1.29, 1.82) is 0 Å². The van der Waals surface area contributed by atoms with Crippen molar-refractivity contribution in [3.63, 3.8) is 0 Å². The summed E-state index contributed by atoms with van der Waals surface area (Å²) in [4.78, 5) is 32.8. The molecule has 3 aliphatic heterocycles. The minimum atomic E-state index is -0.380. The quantitative estimate of drug-likeness (QED) is 0.479. The number of amides is 1. The van der Waals surface area contributed by atoms with Gasteiger partial charge >= 0.3 is 6.09 Å². The first kappa shape index (κ1) is 26.5. The van der Waals surface area contributed by atoms with E-state index in [-0.39, 0.29) is 29.3 Å². The van der Waals surface area contributed by atoms with Gasteiger partial charge in [0.15, 0.2) is 5.78 Å². The van der Waals surface area contributed by atoms with Crippen molar-refractivity contribution in [1.82, 2.24) is 9.80 Å². The van der Waals surface area contributed by atoms with E-state index in [9.17, 15) is 9.59 Å². The van der Waals surface area contributed by atoms with E-state index in [1.807, 2.05) is 35.1 Å². The van der Waals surface area contributed by atoms with Gasteiger partial charge in [-0.05, 0) is 50.7 Å². The molecule has 8 nitrogen and oxygen atoms in total. The van der Waals surface area contributed by atoms with Gasteiger partial charge in [0.25, 0.3) is 0 Å². The topological polar surface area (TPSA) is 97.5 Å². The van der Waals surface area contributed by atoms with E-state index in [2.05, 4.69) is 32.3 Å². The van der Waals surface area contributed by atoms with E-state index in [0.29, 0.717) is 36.9 Å². The summed E-state index contributed by atoms with van der Waals surface area (Å²) in [7, 11) is 0. The SMILES string of the molecule is C=C(N1C=CN=C(N)/C1=C(\c1ccc(C(C)=O)cc1OCC)C(C)CC)C1(C)CCC2COC(=O)N2C1. The van der Waals surface area contributed by atoms with Crippen molar-refractivity contribution in [2.45, 2.75) is 59.9 Å². The smallest absolute Gasteiger partial charge is 0.410 e. The van der Waals surface area contributed by atoms with Gasteiger partial charge in [-0.25, -0.2) is 9.79 Å². The molecule has 0 aliphatic carbocycles. The maximum atomic E-state index is 12.4. The highest BCUT2D eigenvalue weighted by molar-refractivity contribution is 6.05. The number of ether oxygens (including phenoxy) is 2. The lowest BCUT2D eigenvalue weighted by Crippen LogP contribution is -2.49. The Bertz CT molecular complexity index is 1200. The molecule has 3 heterocycles. The lowest BCUT2D eigenvalue weighted by molar-refractivity contribution is 0.101. The van der Waals surface area contributed by atoms with Gasteiger partial charge in [-0.2, -0.15) is 0 Å². The Morgan fingerprint density at radius 2 is 2.14 bits per heavy atom. The number of piperidine rings is 1. The molecule has 3 atom stereocenters. The van der Waals surface area contributed by atoms with Gasteiger partial charge in [-0.1, -0.05) is 39.5 Å². The lowest BCUT2D eigenvalue weighted by atomic mass is 9.76. The minimum Gasteiger partial charge on any atom is -0.493 e. The third-order valence-electron chi connectivity index (χ3n) is 7.86. The summed E-state index contributed by atoms with van der Waals surface area (Å²) in [5.74, 6) is 1.10. The van der Waals surface area contributed by atoms with Gasteiger partial charge in [0.2, 0.25) is 0 Å². The molecular weight excluding hydrogens is 468 g/mol. The second-order valence-electron chi connectivity index (χ2n) is 10.4. The lowest BCUT2D eigenvalue weighted by Gasteiger charge is -2.45. The van der Waals surface area contributed by atoms with Crippen molar-refractivity contribution in [3.05, 3.63) is 59.7 Å². The molecule has 2 saturated heterocycles. The Balaban J connectivity index is 1.84. The summed E-state index contributed by atoms with van der Waals surface area (Å²) in [6, 6.07) is 5.69. The number of carbonyl (C=O) groups excluding carboxylic acids is 2. The first-order valence-electron chi connectivity index (χ1n) is 13.1. The van der Waals surface area contributed by atoms with E-state index in [1.165, 1.54) is 0 Å². The molecule has 1 aromatic rings. The molecule has 0 spiro atoms. The molecular formula is C29H38N4O4. The molecule has 1 aromatic carbocycles. The van der Waals surface area contributed by atoms with Crippen LogP contribution in [-0.2, 0) is 4.74 Å². The Labute approximate surface area is 219 Å². The first-order chi connectivity index (χ1) is 17.6. The van der Waals surface area contributed by atoms with E-state index in [1.54, 1.807) is 19.2 Å². The maximum Gasteiger partial charge on any atom is 0.410 e. The first-order valence-corrected chi connectivity index (χ1v) is 13.1. The molecule has 0 radical (unpaired) electrons. The molecule has 1 amide bonds. The van der Waals surface area contributed by atoms with Crippen LogP contribution in [0.5, 0.6) is 5.75 Å². The third kappa shape index (κ3) is 4.89. The molecule has 3 aliphatic rings. The normalized spacial score (nSPS) is 25.3. The fourth-order valence-electron chi connectivity index (χ4n) is 5.39. The summed E-state index contributed by atoms with van der Waals surface area (Å²) in [6.07, 6.45) is 5.88. The van der Waals surface area contributed by atoms with Crippen LogP contribution >= 0.6 is 0 Å². The molecule has 0 aromatic heterocycles. The Hall–Kier alpha value is -3.55. The highest BCUT2D eigenvalue weighted by Gasteiger charge is 2.46. The van der Waals surface area contributed by atoms with Gasteiger partial charge in [0.1, 0.15) is 18.2 Å². The van der Waals surface area contributed by atoms with Crippen molar-refractivity contribution in [2.75, 3.05) is 19.8 Å². The Morgan fingerprint density at radius 1 is 1.38 bits per heavy atom. The second-order valence-corrected chi connectivity index (χ2v) is 10.4. The summed E-state index contributed by atoms with van der Waals surface area (Å²) >= 11 is 0. The monoisotopic (exact) mass is 506 g/mol. The summed E-state index contributed by atoms with van der Waals surface area (Å²) < 4.78 is 11.3. The van der Waals surface area contributed by atoms with Crippen LogP contribution in [0.15, 0.2) is 53.6 Å². The van der Waals surface area contributed by atoms with E-state index < -0.39 is 0 Å². The second kappa shape index (κ2) is 10.4. The number of nitrogens with zero attached hydrogens (tertiary/aromatic N) is 3. The average molecular weight is 507 g/mol. The van der Waals surface area contributed by atoms with E-state index in [0.717, 1.165) is 41.8 Å².